The van der Waals surface area contributed by atoms with Crippen LogP contribution in [0.15, 0.2) is 63.2 Å². The van der Waals surface area contributed by atoms with E-state index < -0.39 is 35.9 Å². The normalized spacial score (nSPS) is 14.0. The summed E-state index contributed by atoms with van der Waals surface area (Å²) in [7, 11) is -11.3. The van der Waals surface area contributed by atoms with Crippen LogP contribution >= 0.6 is 0 Å². The van der Waals surface area contributed by atoms with Crippen molar-refractivity contribution in [2.45, 2.75) is 34.6 Å². The first-order chi connectivity index (χ1) is 12.4. The quantitative estimate of drug-likeness (QED) is 0.673. The van der Waals surface area contributed by atoms with E-state index in [1.807, 2.05) is 0 Å². The first kappa shape index (κ1) is 21.5. The van der Waals surface area contributed by atoms with Crippen molar-refractivity contribution in [2.24, 2.45) is 5.14 Å². The molecule has 8 nitrogen and oxygen atoms in total. The number of benzene rings is 2. The van der Waals surface area contributed by atoms with Crippen LogP contribution in [0.5, 0.6) is 0 Å². The standard InChI is InChI=1S/C16H20N2O6S3/c1-3-25(19,20)14-7-9-15(10-8-14)27(23,24)18-12(2)13-5-4-6-16(11-13)26(17,21)22/h4-12,18H,3H2,1-2H3,(H2,17,21,22). The fraction of sp³-hybridized carbons (Fsp3) is 0.250. The highest BCUT2D eigenvalue weighted by molar-refractivity contribution is 7.91. The van der Waals surface area contributed by atoms with Crippen molar-refractivity contribution in [3.05, 3.63) is 54.1 Å². The molecule has 1 unspecified atom stereocenters. The van der Waals surface area contributed by atoms with Gasteiger partial charge in [0, 0.05) is 6.04 Å². The predicted octanol–water partition coefficient (Wildman–Crippen LogP) is 1.17. The van der Waals surface area contributed by atoms with Gasteiger partial charge in [-0.1, -0.05) is 19.1 Å². The summed E-state index contributed by atoms with van der Waals surface area (Å²) in [5.41, 5.74) is 0.412. The molecule has 0 amide bonds. The lowest BCUT2D eigenvalue weighted by Crippen LogP contribution is -2.27. The lowest BCUT2D eigenvalue weighted by Gasteiger charge is -2.15. The maximum absolute atomic E-state index is 12.5. The molecule has 0 radical (unpaired) electrons. The lowest BCUT2D eigenvalue weighted by atomic mass is 10.1. The average molecular weight is 433 g/mol. The molecule has 0 saturated carbocycles. The summed E-state index contributed by atoms with van der Waals surface area (Å²) in [6.45, 7) is 3.05. The highest BCUT2D eigenvalue weighted by atomic mass is 32.2. The number of nitrogens with one attached hydrogen (secondary N) is 1. The van der Waals surface area contributed by atoms with Gasteiger partial charge in [0.25, 0.3) is 0 Å². The first-order valence-corrected chi connectivity index (χ1v) is 12.5. The number of sulfone groups is 1. The van der Waals surface area contributed by atoms with E-state index in [0.29, 0.717) is 5.56 Å². The topological polar surface area (TPSA) is 140 Å². The van der Waals surface area contributed by atoms with Gasteiger partial charge in [-0.15, -0.1) is 0 Å². The molecule has 2 aromatic rings. The maximum Gasteiger partial charge on any atom is 0.241 e. The Labute approximate surface area is 159 Å². The van der Waals surface area contributed by atoms with Crippen LogP contribution in [-0.4, -0.2) is 31.0 Å². The summed E-state index contributed by atoms with van der Waals surface area (Å²) in [4.78, 5) is -0.190. The fourth-order valence-electron chi connectivity index (χ4n) is 2.32. The van der Waals surface area contributed by atoms with Gasteiger partial charge in [0.1, 0.15) is 0 Å². The van der Waals surface area contributed by atoms with Gasteiger partial charge in [0.2, 0.25) is 20.0 Å². The molecule has 0 aliphatic carbocycles. The van der Waals surface area contributed by atoms with Crippen molar-refractivity contribution < 1.29 is 25.3 Å². The number of sulfonamides is 2. The third kappa shape index (κ3) is 5.14. The van der Waals surface area contributed by atoms with Gasteiger partial charge in [0.15, 0.2) is 9.84 Å². The van der Waals surface area contributed by atoms with Crippen LogP contribution in [-0.2, 0) is 29.9 Å². The van der Waals surface area contributed by atoms with Crippen LogP contribution in [0, 0.1) is 0 Å². The molecular weight excluding hydrogens is 412 g/mol. The van der Waals surface area contributed by atoms with E-state index in [-0.39, 0.29) is 20.4 Å². The molecule has 0 aliphatic heterocycles. The first-order valence-electron chi connectivity index (χ1n) is 7.85. The zero-order chi connectivity index (χ0) is 20.5. The molecule has 0 bridgehead atoms. The molecule has 0 fully saturated rings. The van der Waals surface area contributed by atoms with E-state index in [1.54, 1.807) is 13.0 Å². The number of hydrogen-bond donors (Lipinski definition) is 2. The summed E-state index contributed by atoms with van der Waals surface area (Å²) >= 11 is 0. The average Bonchev–Trinajstić information content (AvgIpc) is 2.61. The molecule has 11 heteroatoms. The van der Waals surface area contributed by atoms with Gasteiger partial charge in [-0.05, 0) is 48.9 Å². The molecule has 1 atom stereocenters. The third-order valence-electron chi connectivity index (χ3n) is 3.89. The second-order valence-electron chi connectivity index (χ2n) is 5.84. The van der Waals surface area contributed by atoms with Crippen LogP contribution in [0.4, 0.5) is 0 Å². The Morgan fingerprint density at radius 2 is 1.44 bits per heavy atom. The van der Waals surface area contributed by atoms with E-state index in [1.165, 1.54) is 49.4 Å². The van der Waals surface area contributed by atoms with Gasteiger partial charge in [-0.2, -0.15) is 0 Å². The SMILES string of the molecule is CCS(=O)(=O)c1ccc(S(=O)(=O)NC(C)c2cccc(S(N)(=O)=O)c2)cc1. The van der Waals surface area contributed by atoms with Crippen LogP contribution < -0.4 is 9.86 Å². The molecule has 3 N–H and O–H groups in total. The molecular formula is C16H20N2O6S3. The second kappa shape index (κ2) is 7.68. The Bertz CT molecular complexity index is 1140. The zero-order valence-electron chi connectivity index (χ0n) is 14.7. The smallest absolute Gasteiger partial charge is 0.225 e. The van der Waals surface area contributed by atoms with E-state index in [2.05, 4.69) is 4.72 Å². The minimum Gasteiger partial charge on any atom is -0.225 e. The summed E-state index contributed by atoms with van der Waals surface area (Å²) in [6.07, 6.45) is 0. The van der Waals surface area contributed by atoms with Crippen LogP contribution in [0.1, 0.15) is 25.5 Å². The van der Waals surface area contributed by atoms with Crippen molar-refractivity contribution in [2.75, 3.05) is 5.75 Å². The minimum absolute atomic E-state index is 0.0397. The van der Waals surface area contributed by atoms with Crippen molar-refractivity contribution >= 4 is 29.9 Å². The molecule has 27 heavy (non-hydrogen) atoms. The van der Waals surface area contributed by atoms with Crippen molar-refractivity contribution in [3.8, 4) is 0 Å². The molecule has 0 aliphatic rings. The number of rotatable bonds is 7. The van der Waals surface area contributed by atoms with Gasteiger partial charge in [0.05, 0.1) is 20.4 Å². The van der Waals surface area contributed by atoms with Crippen LogP contribution in [0.2, 0.25) is 0 Å². The molecule has 148 valence electrons. The largest absolute Gasteiger partial charge is 0.241 e. The third-order valence-corrected chi connectivity index (χ3v) is 8.11. The highest BCUT2D eigenvalue weighted by Gasteiger charge is 2.21. The monoisotopic (exact) mass is 432 g/mol. The predicted molar refractivity (Wildman–Crippen MR) is 101 cm³/mol. The van der Waals surface area contributed by atoms with Gasteiger partial charge >= 0.3 is 0 Å². The Kier molecular flexibility index (Phi) is 6.12. The van der Waals surface area contributed by atoms with Gasteiger partial charge < -0.3 is 0 Å². The number of primary sulfonamides is 1. The molecule has 2 rings (SSSR count). The molecule has 2 aromatic carbocycles. The Balaban J connectivity index is 2.28. The van der Waals surface area contributed by atoms with E-state index >= 15 is 0 Å². The van der Waals surface area contributed by atoms with Gasteiger partial charge in [-0.25, -0.2) is 35.1 Å². The summed E-state index contributed by atoms with van der Waals surface area (Å²) in [6, 6.07) is 9.78. The molecule has 0 heterocycles. The van der Waals surface area contributed by atoms with Crippen LogP contribution in [0.3, 0.4) is 0 Å². The fourth-order valence-corrected chi connectivity index (χ4v) is 5.01. The Morgan fingerprint density at radius 3 is 1.96 bits per heavy atom. The number of hydrogen-bond acceptors (Lipinski definition) is 6. The second-order valence-corrected chi connectivity index (χ2v) is 11.4. The van der Waals surface area contributed by atoms with Crippen molar-refractivity contribution in [1.29, 1.82) is 0 Å². The van der Waals surface area contributed by atoms with E-state index in [9.17, 15) is 25.3 Å². The number of nitrogens with two attached hydrogens (primary N) is 1. The zero-order valence-corrected chi connectivity index (χ0v) is 17.1. The Morgan fingerprint density at radius 1 is 0.889 bits per heavy atom. The van der Waals surface area contributed by atoms with Crippen molar-refractivity contribution in [1.82, 2.24) is 4.72 Å². The molecule has 0 saturated heterocycles. The maximum atomic E-state index is 12.5. The summed E-state index contributed by atoms with van der Waals surface area (Å²) in [5.74, 6) is -0.0885. The molecule has 0 aromatic heterocycles. The Hall–Kier alpha value is -1.79. The van der Waals surface area contributed by atoms with E-state index in [0.717, 1.165) is 0 Å². The minimum atomic E-state index is -3.95. The van der Waals surface area contributed by atoms with Crippen LogP contribution in [0.25, 0.3) is 0 Å². The summed E-state index contributed by atoms with van der Waals surface area (Å²) in [5, 5.41) is 5.09. The van der Waals surface area contributed by atoms with E-state index in [4.69, 9.17) is 5.14 Å². The lowest BCUT2D eigenvalue weighted by molar-refractivity contribution is 0.566. The highest BCUT2D eigenvalue weighted by Crippen LogP contribution is 2.21. The summed E-state index contributed by atoms with van der Waals surface area (Å²) < 4.78 is 74.0. The molecule has 0 spiro atoms. The van der Waals surface area contributed by atoms with Gasteiger partial charge in [-0.3, -0.25) is 0 Å². The van der Waals surface area contributed by atoms with Crippen molar-refractivity contribution in [3.63, 3.8) is 0 Å².